The number of nitrogens with zero attached hydrogens (tertiary/aromatic N) is 2. The van der Waals surface area contributed by atoms with Gasteiger partial charge in [0, 0.05) is 41.7 Å². The molecule has 1 amide bonds. The molecule has 0 aromatic heterocycles. The number of ether oxygens (including phenoxy) is 2. The van der Waals surface area contributed by atoms with Gasteiger partial charge in [0.1, 0.15) is 5.75 Å². The molecule has 2 aliphatic rings. The van der Waals surface area contributed by atoms with Crippen molar-refractivity contribution in [3.8, 4) is 5.75 Å². The second kappa shape index (κ2) is 10.3. The summed E-state index contributed by atoms with van der Waals surface area (Å²) in [5.41, 5.74) is 2.44. The van der Waals surface area contributed by atoms with Gasteiger partial charge in [-0.05, 0) is 53.6 Å². The zero-order valence-corrected chi connectivity index (χ0v) is 21.4. The van der Waals surface area contributed by atoms with E-state index in [0.717, 1.165) is 26.9 Å². The van der Waals surface area contributed by atoms with E-state index in [-0.39, 0.29) is 12.5 Å². The highest BCUT2D eigenvalue weighted by Gasteiger charge is 2.57. The van der Waals surface area contributed by atoms with Crippen LogP contribution in [-0.2, 0) is 16.0 Å². The summed E-state index contributed by atoms with van der Waals surface area (Å²) >= 11 is 3.50. The van der Waals surface area contributed by atoms with Crippen LogP contribution in [0.1, 0.15) is 29.2 Å². The molecule has 2 aliphatic heterocycles. The van der Waals surface area contributed by atoms with Crippen LogP contribution >= 0.6 is 15.9 Å². The third-order valence-electron chi connectivity index (χ3n) is 6.48. The minimum Gasteiger partial charge on any atom is -0.494 e. The van der Waals surface area contributed by atoms with Gasteiger partial charge in [0.05, 0.1) is 6.61 Å². The molecule has 0 saturated heterocycles. The zero-order chi connectivity index (χ0) is 25.1. The third-order valence-corrected chi connectivity index (χ3v) is 7.01. The Balaban J connectivity index is 1.57. The van der Waals surface area contributed by atoms with E-state index >= 15 is 0 Å². The van der Waals surface area contributed by atoms with Gasteiger partial charge in [0.15, 0.2) is 11.6 Å². The predicted molar refractivity (Wildman–Crippen MR) is 144 cm³/mol. The molecule has 0 fully saturated rings. The summed E-state index contributed by atoms with van der Waals surface area (Å²) in [5, 5.41) is 8.97. The zero-order valence-electron chi connectivity index (χ0n) is 19.8. The fraction of sp³-hybridized carbons (Fsp3) is 0.241. The van der Waals surface area contributed by atoms with Crippen LogP contribution in [0.5, 0.6) is 5.75 Å². The molecule has 0 unspecified atom stereocenters. The average Bonchev–Trinajstić information content (AvgIpc) is 3.28. The van der Waals surface area contributed by atoms with Crippen LogP contribution in [0.4, 0.5) is 5.69 Å². The predicted octanol–water partition coefficient (Wildman–Crippen LogP) is 5.24. The molecule has 3 aromatic carbocycles. The van der Waals surface area contributed by atoms with Crippen LogP contribution in [0.2, 0.25) is 0 Å². The molecule has 184 valence electrons. The molecule has 3 aromatic rings. The first-order valence-electron chi connectivity index (χ1n) is 11.9. The number of halogens is 1. The molecule has 0 bridgehead atoms. The topological polar surface area (TPSA) is 71.4 Å². The second-order valence-electron chi connectivity index (χ2n) is 8.85. The summed E-state index contributed by atoms with van der Waals surface area (Å²) in [4.78, 5) is 21.0. The summed E-state index contributed by atoms with van der Waals surface area (Å²) in [6, 6.07) is 23.2. The summed E-state index contributed by atoms with van der Waals surface area (Å²) in [6.07, 6.45) is 2.15. The van der Waals surface area contributed by atoms with E-state index in [1.165, 1.54) is 0 Å². The Morgan fingerprint density at radius 3 is 2.61 bits per heavy atom. The highest BCUT2D eigenvalue weighted by Crippen LogP contribution is 2.47. The largest absolute Gasteiger partial charge is 0.494 e. The number of fused-ring (bicyclic) bond motifs is 1. The normalized spacial score (nSPS) is 20.6. The number of carbonyl (C=O) groups is 1. The second-order valence-corrected chi connectivity index (χ2v) is 9.77. The number of aliphatic imine (C=N–C) groups is 1. The van der Waals surface area contributed by atoms with E-state index in [1.54, 1.807) is 11.0 Å². The Morgan fingerprint density at radius 2 is 1.89 bits per heavy atom. The Hall–Kier alpha value is -3.42. The fourth-order valence-electron chi connectivity index (χ4n) is 4.77. The van der Waals surface area contributed by atoms with E-state index < -0.39 is 11.6 Å². The molecule has 0 radical (unpaired) electrons. The Labute approximate surface area is 219 Å². The molecule has 1 spiro atoms. The molecule has 2 heterocycles. The summed E-state index contributed by atoms with van der Waals surface area (Å²) in [5.74, 6) is 1.02. The first-order valence-corrected chi connectivity index (χ1v) is 12.7. The quantitative estimate of drug-likeness (QED) is 0.309. The number of carbonyl (C=O) groups excluding carboxylic acids is 1. The van der Waals surface area contributed by atoms with Gasteiger partial charge in [-0.1, -0.05) is 52.3 Å². The van der Waals surface area contributed by atoms with Gasteiger partial charge in [0.2, 0.25) is 5.90 Å². The summed E-state index contributed by atoms with van der Waals surface area (Å²) in [7, 11) is 0. The lowest BCUT2D eigenvalue weighted by Gasteiger charge is -2.40. The molecular formula is C29H27BrN2O4. The maximum atomic E-state index is 14.2. The number of rotatable bonds is 8. The monoisotopic (exact) mass is 546 g/mol. The molecule has 2 atom stereocenters. The van der Waals surface area contributed by atoms with Gasteiger partial charge in [-0.3, -0.25) is 4.79 Å². The van der Waals surface area contributed by atoms with E-state index in [2.05, 4.69) is 22.5 Å². The van der Waals surface area contributed by atoms with Crippen molar-refractivity contribution in [2.45, 2.75) is 24.5 Å². The minimum atomic E-state index is -1.14. The highest BCUT2D eigenvalue weighted by atomic mass is 79.9. The lowest BCUT2D eigenvalue weighted by Crippen LogP contribution is -2.55. The molecule has 1 N–H and O–H groups in total. The van der Waals surface area contributed by atoms with Crippen molar-refractivity contribution in [2.24, 2.45) is 4.99 Å². The first-order chi connectivity index (χ1) is 17.6. The summed E-state index contributed by atoms with van der Waals surface area (Å²) in [6.45, 7) is 4.78. The molecule has 36 heavy (non-hydrogen) atoms. The van der Waals surface area contributed by atoms with Crippen LogP contribution in [0.25, 0.3) is 0 Å². The molecular weight excluding hydrogens is 520 g/mol. The van der Waals surface area contributed by atoms with Crippen molar-refractivity contribution in [3.05, 3.63) is 107 Å². The lowest BCUT2D eigenvalue weighted by atomic mass is 9.78. The number of aliphatic hydroxyl groups excluding tert-OH is 1. The van der Waals surface area contributed by atoms with Crippen LogP contribution in [0.3, 0.4) is 0 Å². The van der Waals surface area contributed by atoms with Gasteiger partial charge in [-0.25, -0.2) is 4.99 Å². The molecule has 7 heteroatoms. The number of anilines is 1. The van der Waals surface area contributed by atoms with Gasteiger partial charge in [-0.2, -0.15) is 0 Å². The van der Waals surface area contributed by atoms with E-state index in [9.17, 15) is 4.79 Å². The number of amides is 1. The van der Waals surface area contributed by atoms with Crippen molar-refractivity contribution in [3.63, 3.8) is 0 Å². The number of hydrogen-bond donors (Lipinski definition) is 1. The Kier molecular flexibility index (Phi) is 6.94. The van der Waals surface area contributed by atoms with E-state index in [4.69, 9.17) is 19.6 Å². The van der Waals surface area contributed by atoms with Gasteiger partial charge >= 0.3 is 0 Å². The maximum absolute atomic E-state index is 14.2. The van der Waals surface area contributed by atoms with Gasteiger partial charge < -0.3 is 19.5 Å². The number of aliphatic hydroxyl groups is 1. The maximum Gasteiger partial charge on any atom is 0.259 e. The Morgan fingerprint density at radius 1 is 1.14 bits per heavy atom. The fourth-order valence-corrected chi connectivity index (χ4v) is 5.04. The van der Waals surface area contributed by atoms with Crippen molar-refractivity contribution < 1.29 is 19.4 Å². The number of hydrogen-bond acceptors (Lipinski definition) is 5. The molecule has 0 aliphatic carbocycles. The average molecular weight is 547 g/mol. The van der Waals surface area contributed by atoms with Crippen LogP contribution in [0, 0.1) is 0 Å². The SMILES string of the molecule is C=CCN1C(=O)[C@@]2(Cc3ccccc31)N=C(c1ccc(OCCCO)cc1)O[C@H]2c1ccc(Br)cc1. The van der Waals surface area contributed by atoms with Gasteiger partial charge in [0.25, 0.3) is 5.91 Å². The van der Waals surface area contributed by atoms with Crippen molar-refractivity contribution in [1.82, 2.24) is 0 Å². The Bertz CT molecular complexity index is 1290. The van der Waals surface area contributed by atoms with Gasteiger partial charge in [-0.15, -0.1) is 6.58 Å². The van der Waals surface area contributed by atoms with E-state index in [1.807, 2.05) is 72.8 Å². The van der Waals surface area contributed by atoms with Crippen molar-refractivity contribution in [2.75, 3.05) is 24.7 Å². The molecule has 0 saturated carbocycles. The number of para-hydroxylation sites is 1. The smallest absolute Gasteiger partial charge is 0.259 e. The van der Waals surface area contributed by atoms with Crippen LogP contribution < -0.4 is 9.64 Å². The van der Waals surface area contributed by atoms with Crippen molar-refractivity contribution in [1.29, 1.82) is 0 Å². The van der Waals surface area contributed by atoms with Crippen LogP contribution in [-0.4, -0.2) is 42.2 Å². The number of benzene rings is 3. The third kappa shape index (κ3) is 4.45. The van der Waals surface area contributed by atoms with E-state index in [0.29, 0.717) is 37.6 Å². The van der Waals surface area contributed by atoms with Crippen molar-refractivity contribution >= 4 is 33.4 Å². The highest BCUT2D eigenvalue weighted by molar-refractivity contribution is 9.10. The first kappa shape index (κ1) is 24.3. The molecule has 6 nitrogen and oxygen atoms in total. The standard InChI is InChI=1S/C29H27BrN2O4/c1-2-16-32-25-7-4-3-6-22(25)19-29(28(32)34)26(20-8-12-23(30)13-9-20)36-27(31-29)21-10-14-24(15-11-21)35-18-5-17-33/h2-4,6-15,26,33H,1,5,16-19H2/t26-,29-/m0/s1. The summed E-state index contributed by atoms with van der Waals surface area (Å²) < 4.78 is 13.1. The lowest BCUT2D eigenvalue weighted by molar-refractivity contribution is -0.126. The molecule has 5 rings (SSSR count). The minimum absolute atomic E-state index is 0.0856. The van der Waals surface area contributed by atoms with Crippen LogP contribution in [0.15, 0.2) is 94.9 Å².